The van der Waals surface area contributed by atoms with Crippen molar-refractivity contribution in [2.24, 2.45) is 0 Å². The second-order valence-corrected chi connectivity index (χ2v) is 7.63. The molecule has 0 saturated carbocycles. The van der Waals surface area contributed by atoms with Gasteiger partial charge >= 0.3 is 0 Å². The van der Waals surface area contributed by atoms with Crippen LogP contribution in [0.4, 0.5) is 0 Å². The highest BCUT2D eigenvalue weighted by Gasteiger charge is 2.23. The molecule has 2 saturated heterocycles. The summed E-state index contributed by atoms with van der Waals surface area (Å²) in [7, 11) is 0. The van der Waals surface area contributed by atoms with Crippen LogP contribution in [0.3, 0.4) is 0 Å². The first-order valence-corrected chi connectivity index (χ1v) is 10.4. The first-order valence-electron chi connectivity index (χ1n) is 10.4. The fraction of sp³-hybridized carbons (Fsp3) is 0.417. The average Bonchev–Trinajstić information content (AvgIpc) is 3.69. The molecule has 6 heteroatoms. The smallest absolute Gasteiger partial charge is 0.162 e. The van der Waals surface area contributed by atoms with Crippen LogP contribution in [0.15, 0.2) is 48.5 Å². The van der Waals surface area contributed by atoms with Gasteiger partial charge in [-0.05, 0) is 61.4 Å². The first-order chi connectivity index (χ1) is 14.7. The Morgan fingerprint density at radius 1 is 0.700 bits per heavy atom. The molecule has 2 unspecified atom stereocenters. The van der Waals surface area contributed by atoms with E-state index in [9.17, 15) is 9.59 Å². The fourth-order valence-electron chi connectivity index (χ4n) is 3.04. The summed E-state index contributed by atoms with van der Waals surface area (Å²) in [5.74, 6) is 1.65. The topological polar surface area (TPSA) is 77.7 Å². The average molecular weight is 410 g/mol. The van der Waals surface area contributed by atoms with Crippen LogP contribution in [0.1, 0.15) is 46.4 Å². The molecule has 2 atom stereocenters. The van der Waals surface area contributed by atoms with Gasteiger partial charge < -0.3 is 18.9 Å². The molecule has 2 aromatic carbocycles. The largest absolute Gasteiger partial charge is 0.491 e. The van der Waals surface area contributed by atoms with Crippen LogP contribution < -0.4 is 9.47 Å². The molecule has 0 aliphatic carbocycles. The Bertz CT molecular complexity index is 777. The molecule has 6 nitrogen and oxygen atoms in total. The van der Waals surface area contributed by atoms with E-state index in [0.29, 0.717) is 50.0 Å². The maximum atomic E-state index is 12.3. The van der Waals surface area contributed by atoms with Crippen molar-refractivity contribution in [1.29, 1.82) is 0 Å². The summed E-state index contributed by atoms with van der Waals surface area (Å²) in [6.45, 7) is 2.61. The molecule has 0 aromatic heterocycles. The van der Waals surface area contributed by atoms with Crippen molar-refractivity contribution in [3.8, 4) is 11.5 Å². The molecular formula is C24H26O6. The van der Waals surface area contributed by atoms with Gasteiger partial charge in [-0.2, -0.15) is 0 Å². The van der Waals surface area contributed by atoms with Gasteiger partial charge in [-0.1, -0.05) is 0 Å². The summed E-state index contributed by atoms with van der Waals surface area (Å²) in [6, 6.07) is 14.4. The minimum Gasteiger partial charge on any atom is -0.491 e. The van der Waals surface area contributed by atoms with E-state index in [2.05, 4.69) is 0 Å². The summed E-state index contributed by atoms with van der Waals surface area (Å²) in [4.78, 5) is 24.7. The zero-order valence-corrected chi connectivity index (χ0v) is 16.9. The van der Waals surface area contributed by atoms with Gasteiger partial charge in [0.2, 0.25) is 0 Å². The van der Waals surface area contributed by atoms with E-state index < -0.39 is 0 Å². The maximum Gasteiger partial charge on any atom is 0.162 e. The summed E-state index contributed by atoms with van der Waals surface area (Å²) in [6.07, 6.45) is 2.65. The van der Waals surface area contributed by atoms with Crippen molar-refractivity contribution < 1.29 is 28.5 Å². The molecule has 2 aliphatic rings. The molecule has 0 amide bonds. The lowest BCUT2D eigenvalue weighted by Gasteiger charge is -2.06. The molecule has 158 valence electrons. The molecule has 2 aliphatic heterocycles. The van der Waals surface area contributed by atoms with E-state index in [4.69, 9.17) is 18.9 Å². The highest BCUT2D eigenvalue weighted by atomic mass is 16.6. The quantitative estimate of drug-likeness (QED) is 0.283. The van der Waals surface area contributed by atoms with E-state index >= 15 is 0 Å². The van der Waals surface area contributed by atoms with Gasteiger partial charge in [0.05, 0.1) is 13.2 Å². The molecule has 0 bridgehead atoms. The van der Waals surface area contributed by atoms with Crippen molar-refractivity contribution >= 4 is 11.6 Å². The van der Waals surface area contributed by atoms with Crippen LogP contribution >= 0.6 is 0 Å². The molecule has 2 fully saturated rings. The van der Waals surface area contributed by atoms with Gasteiger partial charge in [0.25, 0.3) is 0 Å². The minimum atomic E-state index is 0.0840. The van der Waals surface area contributed by atoms with E-state index in [1.54, 1.807) is 24.3 Å². The van der Waals surface area contributed by atoms with Crippen LogP contribution in [0.5, 0.6) is 11.5 Å². The number of unbranched alkanes of at least 4 members (excludes halogenated alkanes) is 1. The number of ketones is 2. The SMILES string of the molecule is O=C(CCCCC(=O)c1ccc(OCC2CO2)cc1)c1ccc(OCC2CO2)cc1. The Balaban J connectivity index is 1.14. The number of hydrogen-bond acceptors (Lipinski definition) is 6. The molecular weight excluding hydrogens is 384 g/mol. The van der Waals surface area contributed by atoms with Crippen LogP contribution in [0, 0.1) is 0 Å². The van der Waals surface area contributed by atoms with Crippen LogP contribution in [0.25, 0.3) is 0 Å². The lowest BCUT2D eigenvalue weighted by atomic mass is 10.0. The number of benzene rings is 2. The zero-order chi connectivity index (χ0) is 20.8. The van der Waals surface area contributed by atoms with Crippen molar-refractivity contribution in [3.63, 3.8) is 0 Å². The van der Waals surface area contributed by atoms with E-state index in [-0.39, 0.29) is 23.8 Å². The predicted molar refractivity (Wildman–Crippen MR) is 110 cm³/mol. The predicted octanol–water partition coefficient (Wildman–Crippen LogP) is 3.87. The molecule has 0 N–H and O–H groups in total. The number of rotatable bonds is 13. The van der Waals surface area contributed by atoms with Crippen molar-refractivity contribution in [2.45, 2.75) is 37.9 Å². The summed E-state index contributed by atoms with van der Waals surface area (Å²) in [5.41, 5.74) is 1.34. The first kappa shape index (κ1) is 20.6. The minimum absolute atomic E-state index is 0.0840. The third-order valence-corrected chi connectivity index (χ3v) is 5.09. The van der Waals surface area contributed by atoms with Crippen LogP contribution in [-0.2, 0) is 9.47 Å². The van der Waals surface area contributed by atoms with Gasteiger partial charge in [0.15, 0.2) is 11.6 Å². The number of hydrogen-bond donors (Lipinski definition) is 0. The summed E-state index contributed by atoms with van der Waals surface area (Å²) in [5, 5.41) is 0. The number of carbonyl (C=O) groups excluding carboxylic acids is 2. The standard InChI is InChI=1S/C24H26O6/c25-23(17-5-9-19(10-6-17)27-13-21-15-29-21)3-1-2-4-24(26)18-7-11-20(12-8-18)28-14-22-16-30-22/h5-12,21-22H,1-4,13-16H2. The normalized spacial score (nSPS) is 19.2. The Morgan fingerprint density at radius 3 is 1.40 bits per heavy atom. The number of epoxide rings is 2. The van der Waals surface area contributed by atoms with Gasteiger partial charge in [-0.15, -0.1) is 0 Å². The third kappa shape index (κ3) is 6.40. The van der Waals surface area contributed by atoms with Crippen LogP contribution in [-0.4, -0.2) is 50.2 Å². The van der Waals surface area contributed by atoms with Gasteiger partial charge in [-0.3, -0.25) is 9.59 Å². The molecule has 30 heavy (non-hydrogen) atoms. The van der Waals surface area contributed by atoms with Gasteiger partial charge in [0.1, 0.15) is 36.9 Å². The maximum absolute atomic E-state index is 12.3. The van der Waals surface area contributed by atoms with Crippen molar-refractivity contribution in [2.75, 3.05) is 26.4 Å². The summed E-state index contributed by atoms with van der Waals surface area (Å²) < 4.78 is 21.4. The van der Waals surface area contributed by atoms with Crippen LogP contribution in [0.2, 0.25) is 0 Å². The lowest BCUT2D eigenvalue weighted by Crippen LogP contribution is -2.05. The highest BCUT2D eigenvalue weighted by Crippen LogP contribution is 2.19. The fourth-order valence-corrected chi connectivity index (χ4v) is 3.04. The molecule has 2 heterocycles. The molecule has 0 radical (unpaired) electrons. The Labute approximate surface area is 176 Å². The van der Waals surface area contributed by atoms with Gasteiger partial charge in [0, 0.05) is 24.0 Å². The van der Waals surface area contributed by atoms with Crippen molar-refractivity contribution in [1.82, 2.24) is 0 Å². The number of Topliss-reactive ketones (excluding diaryl/α,β-unsaturated/α-hetero) is 2. The number of ether oxygens (including phenoxy) is 4. The Morgan fingerprint density at radius 2 is 1.07 bits per heavy atom. The Hall–Kier alpha value is -2.70. The zero-order valence-electron chi connectivity index (χ0n) is 16.9. The monoisotopic (exact) mass is 410 g/mol. The van der Waals surface area contributed by atoms with E-state index in [1.165, 1.54) is 0 Å². The summed E-state index contributed by atoms with van der Waals surface area (Å²) >= 11 is 0. The third-order valence-electron chi connectivity index (χ3n) is 5.09. The highest BCUT2D eigenvalue weighted by molar-refractivity contribution is 5.97. The van der Waals surface area contributed by atoms with Crippen molar-refractivity contribution in [3.05, 3.63) is 59.7 Å². The molecule has 4 rings (SSSR count). The molecule has 0 spiro atoms. The second-order valence-electron chi connectivity index (χ2n) is 7.63. The Kier molecular flexibility index (Phi) is 6.77. The van der Waals surface area contributed by atoms with Gasteiger partial charge in [-0.25, -0.2) is 0 Å². The lowest BCUT2D eigenvalue weighted by molar-refractivity contribution is 0.0954. The van der Waals surface area contributed by atoms with E-state index in [0.717, 1.165) is 24.7 Å². The number of carbonyl (C=O) groups is 2. The van der Waals surface area contributed by atoms with E-state index in [1.807, 2.05) is 24.3 Å². The second kappa shape index (κ2) is 9.87. The molecule has 2 aromatic rings.